The third-order valence-electron chi connectivity index (χ3n) is 3.22. The Bertz CT molecular complexity index is 491. The van der Waals surface area contributed by atoms with Crippen molar-refractivity contribution in [1.29, 1.82) is 0 Å². The van der Waals surface area contributed by atoms with E-state index in [1.165, 1.54) is 12.1 Å². The van der Waals surface area contributed by atoms with E-state index in [1.54, 1.807) is 26.0 Å². The Labute approximate surface area is 111 Å². The highest BCUT2D eigenvalue weighted by atomic mass is 19.1. The third kappa shape index (κ3) is 3.43. The topological polar surface area (TPSA) is 87.7 Å². The molecule has 0 bridgehead atoms. The van der Waals surface area contributed by atoms with Gasteiger partial charge < -0.3 is 16.3 Å². The molecule has 0 aliphatic heterocycles. The first kappa shape index (κ1) is 14.9. The molecule has 104 valence electrons. The van der Waals surface area contributed by atoms with E-state index in [4.69, 9.17) is 10.9 Å². The lowest BCUT2D eigenvalue weighted by Gasteiger charge is -2.25. The first-order valence-corrected chi connectivity index (χ1v) is 5.94. The van der Waals surface area contributed by atoms with Crippen molar-refractivity contribution in [3.63, 3.8) is 0 Å². The van der Waals surface area contributed by atoms with Gasteiger partial charge in [0.25, 0.3) is 0 Å². The monoisotopic (exact) mass is 267 g/mol. The van der Waals surface area contributed by atoms with Crippen LogP contribution in [0.5, 0.6) is 0 Å². The van der Waals surface area contributed by atoms with E-state index in [1.807, 2.05) is 0 Å². The molecule has 6 heteroatoms. The molecule has 1 unspecified atom stereocenters. The molecule has 1 atom stereocenters. The third-order valence-corrected chi connectivity index (χ3v) is 3.22. The van der Waals surface area contributed by atoms with Crippen LogP contribution >= 0.6 is 0 Å². The van der Waals surface area contributed by atoms with Gasteiger partial charge in [0.1, 0.15) is 11.2 Å². The minimum atomic E-state index is -1.08. The first-order chi connectivity index (χ1) is 8.93. The number of benzene rings is 1. The fraction of sp³-hybridized carbons (Fsp3) is 0.385. The Morgan fingerprint density at radius 1 is 1.58 bits per heavy atom. The van der Waals surface area contributed by atoms with Crippen LogP contribution in [-0.4, -0.2) is 17.0 Å². The number of carbonyl (C=O) groups excluding carboxylic acids is 1. The van der Waals surface area contributed by atoms with Crippen LogP contribution in [0.1, 0.15) is 25.8 Å². The molecular formula is C13H18FN3O2. The Hall–Kier alpha value is -2.11. The van der Waals surface area contributed by atoms with E-state index in [0.717, 1.165) is 0 Å². The number of amides is 1. The summed E-state index contributed by atoms with van der Waals surface area (Å²) < 4.78 is 13.0. The maximum atomic E-state index is 13.0. The van der Waals surface area contributed by atoms with Gasteiger partial charge in [-0.25, -0.2) is 4.39 Å². The Kier molecular flexibility index (Phi) is 4.86. The van der Waals surface area contributed by atoms with Crippen molar-refractivity contribution in [2.24, 2.45) is 16.3 Å². The molecule has 0 aromatic heterocycles. The highest BCUT2D eigenvalue weighted by Gasteiger charge is 2.36. The quantitative estimate of drug-likeness (QED) is 0.328. The van der Waals surface area contributed by atoms with Gasteiger partial charge in [-0.3, -0.25) is 4.79 Å². The number of hydrogen-bond donors (Lipinski definition) is 3. The molecule has 0 aliphatic carbocycles. The van der Waals surface area contributed by atoms with Crippen molar-refractivity contribution in [2.45, 2.75) is 26.8 Å². The van der Waals surface area contributed by atoms with E-state index in [-0.39, 0.29) is 24.1 Å². The van der Waals surface area contributed by atoms with Crippen LogP contribution in [0.25, 0.3) is 0 Å². The maximum Gasteiger partial charge on any atom is 0.233 e. The molecule has 19 heavy (non-hydrogen) atoms. The lowest BCUT2D eigenvalue weighted by atomic mass is 9.85. The minimum Gasteiger partial charge on any atom is -0.409 e. The standard InChI is InChI=1S/C13H18FN3O2/c1-3-13(2,11(15)17-19)12(18)16-8-9-5-4-6-10(14)7-9/h4-7,19H,3,8H2,1-2H3,(H2,15,17)(H,16,18). The zero-order valence-corrected chi connectivity index (χ0v) is 11.0. The Morgan fingerprint density at radius 2 is 2.26 bits per heavy atom. The summed E-state index contributed by atoms with van der Waals surface area (Å²) in [6.07, 6.45) is 0.387. The molecule has 1 aromatic rings. The molecular weight excluding hydrogens is 249 g/mol. The number of hydrogen-bond acceptors (Lipinski definition) is 3. The SMILES string of the molecule is CCC(C)(C(=O)NCc1cccc(F)c1)/C(N)=N/O. The van der Waals surface area contributed by atoms with Gasteiger partial charge in [-0.2, -0.15) is 0 Å². The van der Waals surface area contributed by atoms with Crippen molar-refractivity contribution >= 4 is 11.7 Å². The number of amidine groups is 1. The molecule has 4 N–H and O–H groups in total. The molecule has 0 saturated carbocycles. The summed E-state index contributed by atoms with van der Waals surface area (Å²) in [5.41, 5.74) is 5.10. The molecule has 1 amide bonds. The summed E-state index contributed by atoms with van der Waals surface area (Å²) in [7, 11) is 0. The van der Waals surface area contributed by atoms with E-state index in [9.17, 15) is 9.18 Å². The summed E-state index contributed by atoms with van der Waals surface area (Å²) in [5.74, 6) is -0.872. The highest BCUT2D eigenvalue weighted by Crippen LogP contribution is 2.21. The van der Waals surface area contributed by atoms with Crippen molar-refractivity contribution in [3.8, 4) is 0 Å². The van der Waals surface area contributed by atoms with Crippen LogP contribution in [0.2, 0.25) is 0 Å². The first-order valence-electron chi connectivity index (χ1n) is 5.94. The summed E-state index contributed by atoms with van der Waals surface area (Å²) in [5, 5.41) is 14.3. The summed E-state index contributed by atoms with van der Waals surface area (Å²) >= 11 is 0. The van der Waals surface area contributed by atoms with Gasteiger partial charge in [-0.1, -0.05) is 24.2 Å². The molecule has 1 aromatic carbocycles. The molecule has 1 rings (SSSR count). The van der Waals surface area contributed by atoms with Gasteiger partial charge in [0, 0.05) is 6.54 Å². The van der Waals surface area contributed by atoms with Gasteiger partial charge in [0.2, 0.25) is 5.91 Å². The second-order valence-electron chi connectivity index (χ2n) is 4.48. The largest absolute Gasteiger partial charge is 0.409 e. The molecule has 0 fully saturated rings. The van der Waals surface area contributed by atoms with E-state index < -0.39 is 5.41 Å². The van der Waals surface area contributed by atoms with Crippen molar-refractivity contribution in [1.82, 2.24) is 5.32 Å². The lowest BCUT2D eigenvalue weighted by molar-refractivity contribution is -0.127. The summed E-state index contributed by atoms with van der Waals surface area (Å²) in [6.45, 7) is 3.54. The van der Waals surface area contributed by atoms with Gasteiger partial charge in [0.05, 0.1) is 0 Å². The average molecular weight is 267 g/mol. The van der Waals surface area contributed by atoms with Gasteiger partial charge in [-0.05, 0) is 31.0 Å². The zero-order chi connectivity index (χ0) is 14.5. The fourth-order valence-electron chi connectivity index (χ4n) is 1.59. The molecule has 0 heterocycles. The molecule has 0 radical (unpaired) electrons. The number of carbonyl (C=O) groups is 1. The molecule has 0 aliphatic rings. The van der Waals surface area contributed by atoms with Crippen LogP contribution in [0.4, 0.5) is 4.39 Å². The second-order valence-corrected chi connectivity index (χ2v) is 4.48. The average Bonchev–Trinajstić information content (AvgIpc) is 2.42. The van der Waals surface area contributed by atoms with E-state index >= 15 is 0 Å². The number of oxime groups is 1. The van der Waals surface area contributed by atoms with Gasteiger partial charge in [-0.15, -0.1) is 0 Å². The van der Waals surface area contributed by atoms with Crippen LogP contribution in [-0.2, 0) is 11.3 Å². The number of nitrogens with two attached hydrogens (primary N) is 1. The van der Waals surface area contributed by atoms with Gasteiger partial charge in [0.15, 0.2) is 5.84 Å². The van der Waals surface area contributed by atoms with Crippen molar-refractivity contribution in [3.05, 3.63) is 35.6 Å². The van der Waals surface area contributed by atoms with Crippen molar-refractivity contribution < 1.29 is 14.4 Å². The Balaban J connectivity index is 2.74. The van der Waals surface area contributed by atoms with Crippen molar-refractivity contribution in [2.75, 3.05) is 0 Å². The zero-order valence-electron chi connectivity index (χ0n) is 11.0. The number of nitrogens with zero attached hydrogens (tertiary/aromatic N) is 1. The van der Waals surface area contributed by atoms with Gasteiger partial charge >= 0.3 is 0 Å². The van der Waals surface area contributed by atoms with Crippen LogP contribution in [0, 0.1) is 11.2 Å². The van der Waals surface area contributed by atoms with E-state index in [0.29, 0.717) is 12.0 Å². The Morgan fingerprint density at radius 3 is 2.79 bits per heavy atom. The normalized spacial score (nSPS) is 14.8. The number of nitrogens with one attached hydrogen (secondary N) is 1. The predicted molar refractivity (Wildman–Crippen MR) is 70.1 cm³/mol. The molecule has 0 saturated heterocycles. The molecule has 0 spiro atoms. The number of rotatable bonds is 5. The maximum absolute atomic E-state index is 13.0. The summed E-state index contributed by atoms with van der Waals surface area (Å²) in [4.78, 5) is 12.1. The van der Waals surface area contributed by atoms with Crippen LogP contribution < -0.4 is 11.1 Å². The highest BCUT2D eigenvalue weighted by molar-refractivity contribution is 6.06. The summed E-state index contributed by atoms with van der Waals surface area (Å²) in [6, 6.07) is 5.94. The minimum absolute atomic E-state index is 0.147. The van der Waals surface area contributed by atoms with Crippen LogP contribution in [0.15, 0.2) is 29.4 Å². The predicted octanol–water partition coefficient (Wildman–Crippen LogP) is 1.60. The van der Waals surface area contributed by atoms with Crippen LogP contribution in [0.3, 0.4) is 0 Å². The molecule has 5 nitrogen and oxygen atoms in total. The second kappa shape index (κ2) is 6.17. The van der Waals surface area contributed by atoms with E-state index in [2.05, 4.69) is 10.5 Å². The smallest absolute Gasteiger partial charge is 0.233 e. The number of halogens is 1. The lowest BCUT2D eigenvalue weighted by Crippen LogP contribution is -2.47. The fourth-order valence-corrected chi connectivity index (χ4v) is 1.59.